The van der Waals surface area contributed by atoms with Gasteiger partial charge < -0.3 is 9.84 Å². The topological polar surface area (TPSA) is 46.5 Å². The third kappa shape index (κ3) is 1.29. The van der Waals surface area contributed by atoms with Gasteiger partial charge in [0.2, 0.25) is 0 Å². The van der Waals surface area contributed by atoms with Crippen molar-refractivity contribution in [2.45, 2.75) is 83.3 Å². The van der Waals surface area contributed by atoms with E-state index in [-0.39, 0.29) is 22.6 Å². The molecule has 8 bridgehead atoms. The van der Waals surface area contributed by atoms with Crippen LogP contribution >= 0.6 is 0 Å². The fourth-order valence-electron chi connectivity index (χ4n) is 9.15. The molecule has 0 radical (unpaired) electrons. The van der Waals surface area contributed by atoms with Crippen molar-refractivity contribution in [1.82, 2.24) is 0 Å². The van der Waals surface area contributed by atoms with Crippen molar-refractivity contribution in [3.05, 3.63) is 0 Å². The van der Waals surface area contributed by atoms with Crippen LogP contribution in [0.25, 0.3) is 0 Å². The molecule has 24 heavy (non-hydrogen) atoms. The molecule has 3 heteroatoms. The lowest BCUT2D eigenvalue weighted by Gasteiger charge is -2.89. The van der Waals surface area contributed by atoms with E-state index in [2.05, 4.69) is 6.92 Å². The maximum Gasteiger partial charge on any atom is 0.312 e. The van der Waals surface area contributed by atoms with Gasteiger partial charge >= 0.3 is 5.97 Å². The summed E-state index contributed by atoms with van der Waals surface area (Å²) in [6.45, 7) is 6.12. The Balaban J connectivity index is 1.37. The highest BCUT2D eigenvalue weighted by Gasteiger charge is 2.87. The average molecular weight is 330 g/mol. The van der Waals surface area contributed by atoms with Gasteiger partial charge in [-0.3, -0.25) is 4.79 Å². The van der Waals surface area contributed by atoms with Crippen LogP contribution in [0.3, 0.4) is 0 Å². The summed E-state index contributed by atoms with van der Waals surface area (Å²) in [6.07, 6.45) is 8.60. The van der Waals surface area contributed by atoms with E-state index in [4.69, 9.17) is 4.74 Å². The number of hydrogen-bond donors (Lipinski definition) is 1. The van der Waals surface area contributed by atoms with Crippen LogP contribution in [0.15, 0.2) is 0 Å². The molecule has 132 valence electrons. The molecular weight excluding hydrogens is 300 g/mol. The van der Waals surface area contributed by atoms with Crippen molar-refractivity contribution < 1.29 is 14.6 Å². The summed E-state index contributed by atoms with van der Waals surface area (Å²) in [4.78, 5) is 12.8. The molecular formula is C21H30O3. The van der Waals surface area contributed by atoms with Gasteiger partial charge in [0, 0.05) is 0 Å². The van der Waals surface area contributed by atoms with Crippen LogP contribution in [0.1, 0.15) is 72.1 Å². The zero-order chi connectivity index (χ0) is 16.8. The zero-order valence-electron chi connectivity index (χ0n) is 15.2. The molecule has 9 saturated carbocycles. The molecule has 0 heterocycles. The standard InChI is InChI=1S/C21H30O3/c1-4-17(2,3)16(22)24-19-6-13-12-5-18(23)9-20(13)11-21(10-18,14(12)7-19)15(20)8-19/h12-15,23H,4-11H2,1-3H3. The number of rotatable bonds is 3. The lowest BCUT2D eigenvalue weighted by Crippen LogP contribution is -2.86. The molecule has 9 aliphatic rings. The molecule has 4 unspecified atom stereocenters. The minimum atomic E-state index is -0.366. The predicted molar refractivity (Wildman–Crippen MR) is 89.0 cm³/mol. The number of ether oxygens (including phenoxy) is 1. The maximum atomic E-state index is 12.8. The third-order valence-corrected chi connectivity index (χ3v) is 9.99. The number of aliphatic hydroxyl groups is 1. The van der Waals surface area contributed by atoms with E-state index in [0.717, 1.165) is 62.7 Å². The van der Waals surface area contributed by atoms with Crippen LogP contribution in [0.2, 0.25) is 0 Å². The summed E-state index contributed by atoms with van der Waals surface area (Å²) in [6, 6.07) is 0. The van der Waals surface area contributed by atoms with E-state index in [9.17, 15) is 9.90 Å². The molecule has 9 rings (SSSR count). The Bertz CT molecular complexity index is 616. The quantitative estimate of drug-likeness (QED) is 0.803. The van der Waals surface area contributed by atoms with Crippen molar-refractivity contribution in [3.8, 4) is 0 Å². The van der Waals surface area contributed by atoms with Crippen molar-refractivity contribution in [2.24, 2.45) is 39.9 Å². The van der Waals surface area contributed by atoms with Crippen molar-refractivity contribution in [2.75, 3.05) is 0 Å². The first-order valence-corrected chi connectivity index (χ1v) is 10.1. The number of carbonyl (C=O) groups is 1. The number of hydrogen-bond acceptors (Lipinski definition) is 3. The molecule has 4 atom stereocenters. The Morgan fingerprint density at radius 2 is 1.71 bits per heavy atom. The summed E-state index contributed by atoms with van der Waals surface area (Å²) >= 11 is 0. The zero-order valence-corrected chi connectivity index (χ0v) is 15.2. The molecule has 0 aliphatic heterocycles. The van der Waals surface area contributed by atoms with Gasteiger partial charge in [0.25, 0.3) is 0 Å². The van der Waals surface area contributed by atoms with Crippen molar-refractivity contribution in [1.29, 1.82) is 0 Å². The van der Waals surface area contributed by atoms with Gasteiger partial charge in [-0.2, -0.15) is 0 Å². The second-order valence-electron chi connectivity index (χ2n) is 11.3. The molecule has 2 spiro atoms. The first kappa shape index (κ1) is 14.6. The van der Waals surface area contributed by atoms with E-state index < -0.39 is 0 Å². The normalized spacial score (nSPS) is 61.2. The molecule has 9 fully saturated rings. The van der Waals surface area contributed by atoms with Gasteiger partial charge in [-0.25, -0.2) is 0 Å². The average Bonchev–Trinajstić information content (AvgIpc) is 2.50. The van der Waals surface area contributed by atoms with E-state index in [1.54, 1.807) is 0 Å². The minimum absolute atomic E-state index is 0.0193. The van der Waals surface area contributed by atoms with Crippen molar-refractivity contribution >= 4 is 5.97 Å². The van der Waals surface area contributed by atoms with Crippen LogP contribution in [-0.4, -0.2) is 22.3 Å². The molecule has 0 saturated heterocycles. The van der Waals surface area contributed by atoms with Crippen LogP contribution in [0, 0.1) is 39.9 Å². The van der Waals surface area contributed by atoms with Crippen LogP contribution in [0.4, 0.5) is 0 Å². The van der Waals surface area contributed by atoms with Gasteiger partial charge in [0.05, 0.1) is 11.0 Å². The summed E-state index contributed by atoms with van der Waals surface area (Å²) in [5, 5.41) is 11.0. The number of esters is 1. The molecule has 0 aromatic carbocycles. The van der Waals surface area contributed by atoms with E-state index in [0.29, 0.717) is 16.7 Å². The Morgan fingerprint density at radius 3 is 2.29 bits per heavy atom. The molecule has 3 nitrogen and oxygen atoms in total. The highest BCUT2D eigenvalue weighted by Crippen LogP contribution is 2.91. The van der Waals surface area contributed by atoms with Gasteiger partial charge in [-0.1, -0.05) is 6.92 Å². The smallest absolute Gasteiger partial charge is 0.312 e. The fraction of sp³-hybridized carbons (Fsp3) is 0.952. The van der Waals surface area contributed by atoms with Crippen LogP contribution in [-0.2, 0) is 9.53 Å². The third-order valence-electron chi connectivity index (χ3n) is 9.99. The van der Waals surface area contributed by atoms with E-state index in [1.807, 2.05) is 13.8 Å². The Morgan fingerprint density at radius 1 is 1.08 bits per heavy atom. The molecule has 9 aliphatic carbocycles. The van der Waals surface area contributed by atoms with Crippen molar-refractivity contribution in [3.63, 3.8) is 0 Å². The van der Waals surface area contributed by atoms with Gasteiger partial charge in [-0.15, -0.1) is 0 Å². The largest absolute Gasteiger partial charge is 0.459 e. The molecule has 1 N–H and O–H groups in total. The maximum absolute atomic E-state index is 12.8. The highest BCUT2D eigenvalue weighted by molar-refractivity contribution is 5.76. The molecule has 0 aromatic rings. The number of carbonyl (C=O) groups excluding carboxylic acids is 1. The summed E-state index contributed by atoms with van der Waals surface area (Å²) in [7, 11) is 0. The van der Waals surface area contributed by atoms with Crippen LogP contribution < -0.4 is 0 Å². The van der Waals surface area contributed by atoms with Crippen LogP contribution in [0.5, 0.6) is 0 Å². The minimum Gasteiger partial charge on any atom is -0.459 e. The summed E-state index contributed by atoms with van der Waals surface area (Å²) < 4.78 is 6.32. The fourth-order valence-corrected chi connectivity index (χ4v) is 9.15. The van der Waals surface area contributed by atoms with Gasteiger partial charge in [-0.05, 0) is 99.7 Å². The highest BCUT2D eigenvalue weighted by atomic mass is 16.6. The lowest BCUT2D eigenvalue weighted by molar-refractivity contribution is -0.433. The predicted octanol–water partition coefficient (Wildman–Crippen LogP) is 3.69. The monoisotopic (exact) mass is 330 g/mol. The van der Waals surface area contributed by atoms with E-state index in [1.165, 1.54) is 6.42 Å². The molecule has 0 aromatic heterocycles. The SMILES string of the molecule is CCC(C)(C)C(=O)OC12CC3C4CC5(O)CC36CC(C5)(C4C1)C6C2. The Labute approximate surface area is 144 Å². The summed E-state index contributed by atoms with van der Waals surface area (Å²) in [5.41, 5.74) is -0.0354. The molecule has 0 amide bonds. The first-order valence-electron chi connectivity index (χ1n) is 10.1. The second-order valence-corrected chi connectivity index (χ2v) is 11.3. The second kappa shape index (κ2) is 3.61. The van der Waals surface area contributed by atoms with Gasteiger partial charge in [0.15, 0.2) is 0 Å². The Hall–Kier alpha value is -0.570. The summed E-state index contributed by atoms with van der Waals surface area (Å²) in [5.74, 6) is 2.90. The lowest BCUT2D eigenvalue weighted by atomic mass is 9.16. The van der Waals surface area contributed by atoms with E-state index >= 15 is 0 Å². The first-order chi connectivity index (χ1) is 11.2. The van der Waals surface area contributed by atoms with Gasteiger partial charge in [0.1, 0.15) is 5.60 Å². The Kier molecular flexibility index (Phi) is 2.19.